The molecule has 1 nitrogen and oxygen atoms in total. The van der Waals surface area contributed by atoms with Crippen LogP contribution in [0.4, 0.5) is 26.3 Å². The molecule has 0 aliphatic heterocycles. The Morgan fingerprint density at radius 3 is 1.97 bits per heavy atom. The monoisotopic (exact) mass is 438 g/mol. The van der Waals surface area contributed by atoms with E-state index in [0.717, 1.165) is 55.7 Å². The van der Waals surface area contributed by atoms with Gasteiger partial charge in [-0.05, 0) is 65.9 Å². The van der Waals surface area contributed by atoms with Gasteiger partial charge in [0.25, 0.3) is 0 Å². The summed E-state index contributed by atoms with van der Waals surface area (Å²) in [6.45, 7) is 2.03. The van der Waals surface area contributed by atoms with Crippen LogP contribution in [0.2, 0.25) is 0 Å². The van der Waals surface area contributed by atoms with Gasteiger partial charge in [-0.2, -0.15) is 8.78 Å². The minimum absolute atomic E-state index is 0.0272. The molecular formula is C24H20F6O. The van der Waals surface area contributed by atoms with E-state index in [1.807, 2.05) is 6.92 Å². The van der Waals surface area contributed by atoms with Crippen LogP contribution >= 0.6 is 0 Å². The summed E-state index contributed by atoms with van der Waals surface area (Å²) in [5.74, 6) is -5.66. The molecule has 0 fully saturated rings. The minimum Gasteiger partial charge on any atom is -0.429 e. The molecule has 0 aliphatic carbocycles. The fraction of sp³-hybridized carbons (Fsp3) is 0.250. The number of benzene rings is 3. The highest BCUT2D eigenvalue weighted by Gasteiger charge is 2.37. The molecule has 0 bridgehead atoms. The van der Waals surface area contributed by atoms with Crippen molar-refractivity contribution in [2.45, 2.75) is 38.7 Å². The predicted octanol–water partition coefficient (Wildman–Crippen LogP) is 7.77. The largest absolute Gasteiger partial charge is 0.429 e. The van der Waals surface area contributed by atoms with Gasteiger partial charge in [0.2, 0.25) is 0 Å². The van der Waals surface area contributed by atoms with Crippen LogP contribution in [0.1, 0.15) is 37.3 Å². The van der Waals surface area contributed by atoms with E-state index in [0.29, 0.717) is 12.0 Å². The van der Waals surface area contributed by atoms with E-state index in [1.165, 1.54) is 18.2 Å². The molecule has 164 valence electrons. The molecular weight excluding hydrogens is 418 g/mol. The average Bonchev–Trinajstić information content (AvgIpc) is 2.72. The highest BCUT2D eigenvalue weighted by molar-refractivity contribution is 5.64. The summed E-state index contributed by atoms with van der Waals surface area (Å²) in [6, 6.07) is 10.00. The Hall–Kier alpha value is -2.96. The van der Waals surface area contributed by atoms with Gasteiger partial charge in [0.05, 0.1) is 5.56 Å². The van der Waals surface area contributed by atoms with E-state index >= 15 is 0 Å². The fourth-order valence-electron chi connectivity index (χ4n) is 3.17. The van der Waals surface area contributed by atoms with Crippen molar-refractivity contribution < 1.29 is 31.1 Å². The second-order valence-corrected chi connectivity index (χ2v) is 7.17. The topological polar surface area (TPSA) is 9.23 Å². The van der Waals surface area contributed by atoms with E-state index in [-0.39, 0.29) is 16.9 Å². The Bertz CT molecular complexity index is 1020. The van der Waals surface area contributed by atoms with Crippen molar-refractivity contribution in [2.75, 3.05) is 0 Å². The van der Waals surface area contributed by atoms with Gasteiger partial charge in [0.15, 0.2) is 17.5 Å². The number of hydrogen-bond donors (Lipinski definition) is 0. The van der Waals surface area contributed by atoms with Crippen molar-refractivity contribution in [3.8, 4) is 16.9 Å². The summed E-state index contributed by atoms with van der Waals surface area (Å²) in [5, 5.41) is 0. The van der Waals surface area contributed by atoms with Crippen LogP contribution in [0.15, 0.2) is 54.6 Å². The molecule has 0 N–H and O–H groups in total. The SMILES string of the molecule is CCCCCc1ccc(C(F)(F)Oc2ccc(-c3cc(F)c(F)c(F)c3)cc2)c(F)c1. The van der Waals surface area contributed by atoms with E-state index in [2.05, 4.69) is 4.74 Å². The van der Waals surface area contributed by atoms with E-state index in [9.17, 15) is 26.3 Å². The quantitative estimate of drug-likeness (QED) is 0.198. The van der Waals surface area contributed by atoms with Crippen molar-refractivity contribution in [1.29, 1.82) is 0 Å². The third-order valence-electron chi connectivity index (χ3n) is 4.83. The molecule has 3 rings (SSSR count). The Morgan fingerprint density at radius 1 is 0.742 bits per heavy atom. The van der Waals surface area contributed by atoms with Crippen molar-refractivity contribution in [3.05, 3.63) is 89.0 Å². The van der Waals surface area contributed by atoms with Crippen molar-refractivity contribution in [2.24, 2.45) is 0 Å². The highest BCUT2D eigenvalue weighted by atomic mass is 19.3. The first-order valence-electron chi connectivity index (χ1n) is 9.82. The molecule has 0 atom stereocenters. The Morgan fingerprint density at radius 2 is 1.39 bits per heavy atom. The first-order valence-corrected chi connectivity index (χ1v) is 9.82. The van der Waals surface area contributed by atoms with Gasteiger partial charge in [-0.25, -0.2) is 17.6 Å². The summed E-state index contributed by atoms with van der Waals surface area (Å²) in [4.78, 5) is 0. The van der Waals surface area contributed by atoms with E-state index < -0.39 is 34.9 Å². The molecule has 0 radical (unpaired) electrons. The van der Waals surface area contributed by atoms with Gasteiger partial charge in [-0.15, -0.1) is 0 Å². The molecule has 0 aliphatic rings. The van der Waals surface area contributed by atoms with E-state index in [1.54, 1.807) is 0 Å². The molecule has 0 aromatic heterocycles. The zero-order valence-electron chi connectivity index (χ0n) is 16.7. The molecule has 0 unspecified atom stereocenters. The van der Waals surface area contributed by atoms with Crippen LogP contribution in [-0.4, -0.2) is 0 Å². The summed E-state index contributed by atoms with van der Waals surface area (Å²) in [7, 11) is 0. The lowest BCUT2D eigenvalue weighted by molar-refractivity contribution is -0.187. The van der Waals surface area contributed by atoms with Gasteiger partial charge in [-0.3, -0.25) is 0 Å². The number of hydrogen-bond acceptors (Lipinski definition) is 1. The van der Waals surface area contributed by atoms with Gasteiger partial charge in [0.1, 0.15) is 11.6 Å². The lowest BCUT2D eigenvalue weighted by Crippen LogP contribution is -2.23. The standard InChI is InChI=1S/C24H20F6O/c1-2-3-4-5-15-6-11-19(20(25)12-15)24(29,30)31-18-9-7-16(8-10-18)17-13-21(26)23(28)22(27)14-17/h6-14H,2-5H2,1H3. The number of halogens is 6. The molecule has 7 heteroatoms. The van der Waals surface area contributed by atoms with E-state index in [4.69, 9.17) is 0 Å². The van der Waals surface area contributed by atoms with Gasteiger partial charge < -0.3 is 4.74 Å². The van der Waals surface area contributed by atoms with Crippen molar-refractivity contribution >= 4 is 0 Å². The predicted molar refractivity (Wildman–Crippen MR) is 106 cm³/mol. The molecule has 31 heavy (non-hydrogen) atoms. The smallest absolute Gasteiger partial charge is 0.429 e. The third-order valence-corrected chi connectivity index (χ3v) is 4.83. The maximum absolute atomic E-state index is 14.5. The summed E-state index contributed by atoms with van der Waals surface area (Å²) in [5.41, 5.74) is 0.0302. The zero-order valence-corrected chi connectivity index (χ0v) is 16.7. The maximum Gasteiger partial charge on any atom is 0.429 e. The zero-order chi connectivity index (χ0) is 22.6. The summed E-state index contributed by atoms with van der Waals surface area (Å²) >= 11 is 0. The second kappa shape index (κ2) is 9.45. The summed E-state index contributed by atoms with van der Waals surface area (Å²) < 4.78 is 87.9. The van der Waals surface area contributed by atoms with Gasteiger partial charge >= 0.3 is 6.11 Å². The van der Waals surface area contributed by atoms with Crippen molar-refractivity contribution in [3.63, 3.8) is 0 Å². The van der Waals surface area contributed by atoms with Crippen LogP contribution in [0.3, 0.4) is 0 Å². The van der Waals surface area contributed by atoms with Crippen LogP contribution in [0.5, 0.6) is 5.75 Å². The first-order chi connectivity index (χ1) is 14.7. The highest BCUT2D eigenvalue weighted by Crippen LogP contribution is 2.34. The first kappa shape index (κ1) is 22.7. The molecule has 0 amide bonds. The van der Waals surface area contributed by atoms with Crippen LogP contribution in [0, 0.1) is 23.3 Å². The number of rotatable bonds is 8. The number of unbranched alkanes of at least 4 members (excludes halogenated alkanes) is 2. The van der Waals surface area contributed by atoms with Crippen LogP contribution in [-0.2, 0) is 12.5 Å². The fourth-order valence-corrected chi connectivity index (χ4v) is 3.17. The number of alkyl halides is 2. The second-order valence-electron chi connectivity index (χ2n) is 7.17. The average molecular weight is 438 g/mol. The molecule has 3 aromatic carbocycles. The maximum atomic E-state index is 14.5. The minimum atomic E-state index is -3.93. The van der Waals surface area contributed by atoms with Gasteiger partial charge in [-0.1, -0.05) is 38.0 Å². The van der Waals surface area contributed by atoms with Crippen molar-refractivity contribution in [1.82, 2.24) is 0 Å². The molecule has 0 spiro atoms. The molecule has 0 saturated carbocycles. The Kier molecular flexibility index (Phi) is 6.93. The molecule has 3 aromatic rings. The summed E-state index contributed by atoms with van der Waals surface area (Å²) in [6.07, 6.45) is -0.520. The lowest BCUT2D eigenvalue weighted by atomic mass is 10.0. The Labute approximate surface area is 176 Å². The number of ether oxygens (including phenoxy) is 1. The van der Waals surface area contributed by atoms with Crippen LogP contribution < -0.4 is 4.74 Å². The number of aryl methyl sites for hydroxylation is 1. The Balaban J connectivity index is 1.76. The van der Waals surface area contributed by atoms with Gasteiger partial charge in [0, 0.05) is 0 Å². The normalized spacial score (nSPS) is 11.6. The molecule has 0 saturated heterocycles. The lowest BCUT2D eigenvalue weighted by Gasteiger charge is -2.19. The third kappa shape index (κ3) is 5.40. The van der Waals surface area contributed by atoms with Crippen LogP contribution in [0.25, 0.3) is 11.1 Å². The molecule has 0 heterocycles.